The van der Waals surface area contributed by atoms with Crippen molar-refractivity contribution in [3.05, 3.63) is 48.3 Å². The van der Waals surface area contributed by atoms with Crippen LogP contribution < -0.4 is 10.6 Å². The molecule has 0 saturated carbocycles. The summed E-state index contributed by atoms with van der Waals surface area (Å²) < 4.78 is 1.98. The summed E-state index contributed by atoms with van der Waals surface area (Å²) in [5.41, 5.74) is 1.16. The topological polar surface area (TPSA) is 76.0 Å². The molecule has 1 atom stereocenters. The molecule has 0 radical (unpaired) electrons. The Morgan fingerprint density at radius 2 is 2.04 bits per heavy atom. The Morgan fingerprint density at radius 3 is 2.74 bits per heavy atom. The fourth-order valence-electron chi connectivity index (χ4n) is 1.94. The van der Waals surface area contributed by atoms with E-state index in [4.69, 9.17) is 0 Å². The number of nitrogens with zero attached hydrogens (tertiary/aromatic N) is 2. The first-order valence-corrected chi connectivity index (χ1v) is 8.28. The third kappa shape index (κ3) is 5.14. The van der Waals surface area contributed by atoms with Crippen LogP contribution in [0, 0.1) is 0 Å². The third-order valence-corrected chi connectivity index (χ3v) is 4.22. The normalized spacial score (nSPS) is 11.7. The summed E-state index contributed by atoms with van der Waals surface area (Å²) in [6.45, 7) is 4.71. The van der Waals surface area contributed by atoms with Gasteiger partial charge in [0.25, 0.3) is 0 Å². The van der Waals surface area contributed by atoms with Crippen molar-refractivity contribution in [3.8, 4) is 0 Å². The lowest BCUT2D eigenvalue weighted by atomic mass is 10.2. The molecule has 0 aliphatic heterocycles. The molecule has 2 rings (SSSR count). The number of rotatable bonds is 6. The molecular formula is C16H20N4O2S. The van der Waals surface area contributed by atoms with Crippen LogP contribution in [0.25, 0.3) is 0 Å². The van der Waals surface area contributed by atoms with E-state index in [2.05, 4.69) is 15.6 Å². The average Bonchev–Trinajstić information content (AvgIpc) is 2.95. The maximum Gasteiger partial charge on any atom is 0.321 e. The maximum absolute atomic E-state index is 12.0. The van der Waals surface area contributed by atoms with Gasteiger partial charge in [0, 0.05) is 25.5 Å². The molecule has 0 aliphatic rings. The Balaban J connectivity index is 1.96. The monoisotopic (exact) mass is 332 g/mol. The van der Waals surface area contributed by atoms with Crippen molar-refractivity contribution >= 4 is 23.7 Å². The van der Waals surface area contributed by atoms with Crippen molar-refractivity contribution in [1.82, 2.24) is 20.2 Å². The summed E-state index contributed by atoms with van der Waals surface area (Å²) >= 11 is 1.32. The van der Waals surface area contributed by atoms with Crippen LogP contribution in [-0.2, 0) is 11.3 Å². The standard InChI is InChI=1S/C16H20N4O2S/c1-3-17-15(22)19-14(21)12(2)23-16-18-9-10-20(16)11-13-7-5-4-6-8-13/h4-10,12H,3,11H2,1-2H3,(H2,17,19,21,22)/t12-/m0/s1. The number of nitrogens with one attached hydrogen (secondary N) is 2. The number of hydrogen-bond donors (Lipinski definition) is 2. The van der Waals surface area contributed by atoms with Gasteiger partial charge in [-0.1, -0.05) is 42.1 Å². The number of carbonyl (C=O) groups excluding carboxylic acids is 2. The average molecular weight is 332 g/mol. The van der Waals surface area contributed by atoms with E-state index in [0.29, 0.717) is 13.1 Å². The maximum atomic E-state index is 12.0. The zero-order chi connectivity index (χ0) is 16.7. The summed E-state index contributed by atoms with van der Waals surface area (Å²) in [7, 11) is 0. The molecule has 122 valence electrons. The minimum atomic E-state index is -0.474. The highest BCUT2D eigenvalue weighted by atomic mass is 32.2. The zero-order valence-corrected chi connectivity index (χ0v) is 14.0. The lowest BCUT2D eigenvalue weighted by Gasteiger charge is -2.12. The Hall–Kier alpha value is -2.28. The highest BCUT2D eigenvalue weighted by Crippen LogP contribution is 2.22. The fraction of sp³-hybridized carbons (Fsp3) is 0.312. The van der Waals surface area contributed by atoms with Crippen molar-refractivity contribution in [2.75, 3.05) is 6.54 Å². The first-order valence-electron chi connectivity index (χ1n) is 7.40. The van der Waals surface area contributed by atoms with E-state index in [0.717, 1.165) is 10.7 Å². The second-order valence-electron chi connectivity index (χ2n) is 4.93. The molecule has 2 N–H and O–H groups in total. The second kappa shape index (κ2) is 8.38. The summed E-state index contributed by atoms with van der Waals surface area (Å²) in [6.07, 6.45) is 3.59. The Labute approximate surface area is 139 Å². The number of hydrogen-bond acceptors (Lipinski definition) is 4. The van der Waals surface area contributed by atoms with Gasteiger partial charge in [-0.2, -0.15) is 0 Å². The third-order valence-electron chi connectivity index (χ3n) is 3.10. The van der Waals surface area contributed by atoms with E-state index in [1.165, 1.54) is 11.8 Å². The molecule has 23 heavy (non-hydrogen) atoms. The molecule has 1 aromatic heterocycles. The van der Waals surface area contributed by atoms with E-state index in [-0.39, 0.29) is 5.91 Å². The molecular weight excluding hydrogens is 312 g/mol. The summed E-state index contributed by atoms with van der Waals surface area (Å²) in [4.78, 5) is 27.7. The van der Waals surface area contributed by atoms with Gasteiger partial charge in [-0.3, -0.25) is 10.1 Å². The predicted octanol–water partition coefficient (Wildman–Crippen LogP) is 2.26. The van der Waals surface area contributed by atoms with Crippen LogP contribution in [0.4, 0.5) is 4.79 Å². The van der Waals surface area contributed by atoms with Crippen LogP contribution in [0.1, 0.15) is 19.4 Å². The molecule has 0 saturated heterocycles. The van der Waals surface area contributed by atoms with E-state index >= 15 is 0 Å². The number of urea groups is 1. The number of benzene rings is 1. The van der Waals surface area contributed by atoms with Crippen molar-refractivity contribution in [3.63, 3.8) is 0 Å². The highest BCUT2D eigenvalue weighted by Gasteiger charge is 2.19. The predicted molar refractivity (Wildman–Crippen MR) is 90.3 cm³/mol. The first-order chi connectivity index (χ1) is 11.1. The van der Waals surface area contributed by atoms with E-state index in [1.54, 1.807) is 20.0 Å². The Kier molecular flexibility index (Phi) is 6.22. The van der Waals surface area contributed by atoms with Gasteiger partial charge in [0.15, 0.2) is 5.16 Å². The van der Waals surface area contributed by atoms with Crippen molar-refractivity contribution in [1.29, 1.82) is 0 Å². The van der Waals surface area contributed by atoms with Gasteiger partial charge >= 0.3 is 6.03 Å². The first kappa shape index (κ1) is 17.1. The summed E-state index contributed by atoms with van der Waals surface area (Å²) in [5, 5.41) is 5.17. The van der Waals surface area contributed by atoms with Gasteiger partial charge < -0.3 is 9.88 Å². The van der Waals surface area contributed by atoms with Gasteiger partial charge in [-0.25, -0.2) is 9.78 Å². The summed E-state index contributed by atoms with van der Waals surface area (Å²) in [5.74, 6) is -0.338. The number of aromatic nitrogens is 2. The van der Waals surface area contributed by atoms with Crippen LogP contribution >= 0.6 is 11.8 Å². The second-order valence-corrected chi connectivity index (χ2v) is 6.24. The van der Waals surface area contributed by atoms with Crippen molar-refractivity contribution < 1.29 is 9.59 Å². The van der Waals surface area contributed by atoms with E-state index < -0.39 is 11.3 Å². The van der Waals surface area contributed by atoms with Crippen molar-refractivity contribution in [2.24, 2.45) is 0 Å². The number of amides is 3. The summed E-state index contributed by atoms with van der Waals surface area (Å²) in [6, 6.07) is 9.56. The molecule has 1 heterocycles. The largest absolute Gasteiger partial charge is 0.338 e. The van der Waals surface area contributed by atoms with Gasteiger partial charge in [0.05, 0.1) is 5.25 Å². The van der Waals surface area contributed by atoms with Gasteiger partial charge in [0.1, 0.15) is 0 Å². The van der Waals surface area contributed by atoms with Crippen LogP contribution in [0.2, 0.25) is 0 Å². The molecule has 0 bridgehead atoms. The quantitative estimate of drug-likeness (QED) is 0.796. The van der Waals surface area contributed by atoms with Gasteiger partial charge in [0.2, 0.25) is 5.91 Å². The van der Waals surface area contributed by atoms with Crippen LogP contribution in [-0.4, -0.2) is 33.3 Å². The SMILES string of the molecule is CCNC(=O)NC(=O)[C@H](C)Sc1nccn1Cc1ccccc1. The lowest BCUT2D eigenvalue weighted by Crippen LogP contribution is -2.42. The molecule has 0 aliphatic carbocycles. The molecule has 0 spiro atoms. The van der Waals surface area contributed by atoms with Gasteiger partial charge in [-0.05, 0) is 19.4 Å². The van der Waals surface area contributed by atoms with Crippen LogP contribution in [0.15, 0.2) is 47.9 Å². The molecule has 2 aromatic rings. The number of imide groups is 1. The fourth-order valence-corrected chi connectivity index (χ4v) is 2.81. The van der Waals surface area contributed by atoms with Crippen LogP contribution in [0.5, 0.6) is 0 Å². The Bertz CT molecular complexity index is 657. The number of thioether (sulfide) groups is 1. The molecule has 0 fully saturated rings. The molecule has 7 heteroatoms. The highest BCUT2D eigenvalue weighted by molar-refractivity contribution is 8.00. The van der Waals surface area contributed by atoms with Crippen molar-refractivity contribution in [2.45, 2.75) is 30.8 Å². The molecule has 0 unspecified atom stereocenters. The van der Waals surface area contributed by atoms with Crippen LogP contribution in [0.3, 0.4) is 0 Å². The van der Waals surface area contributed by atoms with E-state index in [9.17, 15) is 9.59 Å². The smallest absolute Gasteiger partial charge is 0.321 e. The number of carbonyl (C=O) groups is 2. The van der Waals surface area contributed by atoms with E-state index in [1.807, 2.05) is 41.1 Å². The zero-order valence-electron chi connectivity index (χ0n) is 13.2. The van der Waals surface area contributed by atoms with Gasteiger partial charge in [-0.15, -0.1) is 0 Å². The lowest BCUT2D eigenvalue weighted by molar-refractivity contribution is -0.119. The molecule has 6 nitrogen and oxygen atoms in total. The minimum Gasteiger partial charge on any atom is -0.338 e. The Morgan fingerprint density at radius 1 is 1.30 bits per heavy atom. The molecule has 3 amide bonds. The molecule has 1 aromatic carbocycles. The number of imidazole rings is 1. The minimum absolute atomic E-state index is 0.338.